The molecule has 0 spiro atoms. The van der Waals surface area contributed by atoms with E-state index in [2.05, 4.69) is 26.6 Å². The van der Waals surface area contributed by atoms with E-state index < -0.39 is 0 Å². The summed E-state index contributed by atoms with van der Waals surface area (Å²) in [7, 11) is 1.86. The highest BCUT2D eigenvalue weighted by Gasteiger charge is 2.17. The van der Waals surface area contributed by atoms with Crippen LogP contribution in [0.2, 0.25) is 0 Å². The number of amides is 1. The van der Waals surface area contributed by atoms with Crippen molar-refractivity contribution in [2.24, 2.45) is 7.05 Å². The summed E-state index contributed by atoms with van der Waals surface area (Å²) in [6.07, 6.45) is 3.64. The van der Waals surface area contributed by atoms with E-state index in [1.807, 2.05) is 63.0 Å². The van der Waals surface area contributed by atoms with Crippen molar-refractivity contribution in [3.05, 3.63) is 70.2 Å². The first-order valence-electron chi connectivity index (χ1n) is 9.27. The van der Waals surface area contributed by atoms with Gasteiger partial charge in [0.05, 0.1) is 24.1 Å². The van der Waals surface area contributed by atoms with Gasteiger partial charge in [0.1, 0.15) is 9.88 Å². The predicted molar refractivity (Wildman–Crippen MR) is 114 cm³/mol. The highest BCUT2D eigenvalue weighted by atomic mass is 32.1. The highest BCUT2D eigenvalue weighted by molar-refractivity contribution is 7.17. The van der Waals surface area contributed by atoms with Crippen LogP contribution in [0.3, 0.4) is 0 Å². The Hall–Kier alpha value is -3.26. The first kappa shape index (κ1) is 19.1. The van der Waals surface area contributed by atoms with E-state index in [1.165, 1.54) is 11.3 Å². The summed E-state index contributed by atoms with van der Waals surface area (Å²) < 4.78 is 3.68. The molecule has 0 atom stereocenters. The Kier molecular flexibility index (Phi) is 5.02. The maximum Gasteiger partial charge on any atom is 0.267 e. The Balaban J connectivity index is 1.51. The second-order valence-corrected chi connectivity index (χ2v) is 8.07. The minimum absolute atomic E-state index is 0.154. The van der Waals surface area contributed by atoms with E-state index in [0.29, 0.717) is 17.1 Å². The lowest BCUT2D eigenvalue weighted by atomic mass is 10.2. The molecule has 0 aliphatic rings. The fourth-order valence-electron chi connectivity index (χ4n) is 3.21. The van der Waals surface area contributed by atoms with E-state index in [9.17, 15) is 4.79 Å². The second kappa shape index (κ2) is 7.63. The first-order chi connectivity index (χ1) is 13.9. The van der Waals surface area contributed by atoms with E-state index >= 15 is 0 Å². The second-order valence-electron chi connectivity index (χ2n) is 7.08. The molecule has 4 rings (SSSR count). The molecule has 0 aliphatic carbocycles. The molecule has 0 radical (unpaired) electrons. The molecule has 1 aromatic carbocycles. The Morgan fingerprint density at radius 1 is 1.21 bits per heavy atom. The molecule has 0 unspecified atom stereocenters. The molecule has 3 aromatic heterocycles. The molecule has 0 fully saturated rings. The van der Waals surface area contributed by atoms with Crippen molar-refractivity contribution < 1.29 is 4.79 Å². The highest BCUT2D eigenvalue weighted by Crippen LogP contribution is 2.28. The maximum atomic E-state index is 12.8. The molecule has 148 valence electrons. The summed E-state index contributed by atoms with van der Waals surface area (Å²) in [5, 5.41) is 12.5. The number of nitrogens with one attached hydrogen (secondary N) is 1. The van der Waals surface area contributed by atoms with Gasteiger partial charge in [-0.2, -0.15) is 10.2 Å². The zero-order chi connectivity index (χ0) is 20.5. The van der Waals surface area contributed by atoms with Crippen LogP contribution in [0.1, 0.15) is 32.3 Å². The molecule has 1 N–H and O–H groups in total. The normalized spacial score (nSPS) is 11.0. The quantitative estimate of drug-likeness (QED) is 0.544. The molecule has 0 bridgehead atoms. The summed E-state index contributed by atoms with van der Waals surface area (Å²) in [4.78, 5) is 18.0. The molecular weight excluding hydrogens is 384 g/mol. The monoisotopic (exact) mass is 406 g/mol. The van der Waals surface area contributed by atoms with Crippen LogP contribution in [0.15, 0.2) is 42.7 Å². The number of benzene rings is 1. The number of anilines is 1. The summed E-state index contributed by atoms with van der Waals surface area (Å²) >= 11 is 1.37. The van der Waals surface area contributed by atoms with Crippen LogP contribution in [0.25, 0.3) is 10.6 Å². The lowest BCUT2D eigenvalue weighted by molar-refractivity contribution is 0.103. The van der Waals surface area contributed by atoms with Gasteiger partial charge >= 0.3 is 0 Å². The summed E-state index contributed by atoms with van der Waals surface area (Å²) in [6, 6.07) is 9.90. The lowest BCUT2D eigenvalue weighted by Crippen LogP contribution is -2.12. The third kappa shape index (κ3) is 4.12. The average molecular weight is 407 g/mol. The van der Waals surface area contributed by atoms with Crippen LogP contribution in [0.5, 0.6) is 0 Å². The van der Waals surface area contributed by atoms with Crippen LogP contribution >= 0.6 is 11.3 Å². The first-order valence-corrected chi connectivity index (χ1v) is 10.1. The topological polar surface area (TPSA) is 77.6 Å². The summed E-state index contributed by atoms with van der Waals surface area (Å²) in [6.45, 7) is 6.54. The fourth-order valence-corrected chi connectivity index (χ4v) is 4.14. The third-order valence-corrected chi connectivity index (χ3v) is 5.78. The Bertz CT molecular complexity index is 1190. The number of carbonyl (C=O) groups is 1. The molecule has 0 saturated carbocycles. The van der Waals surface area contributed by atoms with Crippen molar-refractivity contribution >= 4 is 22.9 Å². The molecule has 3 heterocycles. The van der Waals surface area contributed by atoms with Crippen molar-refractivity contribution in [3.8, 4) is 10.6 Å². The van der Waals surface area contributed by atoms with Gasteiger partial charge in [-0.15, -0.1) is 11.3 Å². The van der Waals surface area contributed by atoms with Gasteiger partial charge in [0.25, 0.3) is 5.91 Å². The minimum Gasteiger partial charge on any atom is -0.321 e. The fraction of sp³-hybridized carbons (Fsp3) is 0.238. The van der Waals surface area contributed by atoms with Gasteiger partial charge in [-0.1, -0.05) is 12.1 Å². The number of aromatic nitrogens is 5. The van der Waals surface area contributed by atoms with Gasteiger partial charge in [-0.3, -0.25) is 14.2 Å². The Morgan fingerprint density at radius 3 is 2.72 bits per heavy atom. The third-order valence-electron chi connectivity index (χ3n) is 4.58. The van der Waals surface area contributed by atoms with Crippen LogP contribution in [-0.2, 0) is 13.6 Å². The Morgan fingerprint density at radius 2 is 2.03 bits per heavy atom. The van der Waals surface area contributed by atoms with Gasteiger partial charge in [0.15, 0.2) is 0 Å². The van der Waals surface area contributed by atoms with E-state index in [4.69, 9.17) is 0 Å². The average Bonchev–Trinajstić information content (AvgIpc) is 3.34. The minimum atomic E-state index is -0.154. The number of nitrogens with zero attached hydrogens (tertiary/aromatic N) is 5. The van der Waals surface area contributed by atoms with Crippen LogP contribution in [-0.4, -0.2) is 30.5 Å². The smallest absolute Gasteiger partial charge is 0.267 e. The zero-order valence-electron chi connectivity index (χ0n) is 16.8. The number of thiazole rings is 1. The van der Waals surface area contributed by atoms with E-state index in [0.717, 1.165) is 33.2 Å². The number of rotatable bonds is 5. The van der Waals surface area contributed by atoms with E-state index in [-0.39, 0.29) is 5.91 Å². The largest absolute Gasteiger partial charge is 0.321 e. The van der Waals surface area contributed by atoms with Crippen molar-refractivity contribution in [1.82, 2.24) is 24.5 Å². The number of hydrogen-bond donors (Lipinski definition) is 1. The molecule has 29 heavy (non-hydrogen) atoms. The Labute approximate surface area is 173 Å². The number of aryl methyl sites for hydroxylation is 4. The van der Waals surface area contributed by atoms with Gasteiger partial charge in [0, 0.05) is 30.2 Å². The molecule has 7 nitrogen and oxygen atoms in total. The summed E-state index contributed by atoms with van der Waals surface area (Å²) in [5.74, 6) is -0.154. The summed E-state index contributed by atoms with van der Waals surface area (Å²) in [5.41, 5.74) is 5.56. The van der Waals surface area contributed by atoms with Crippen molar-refractivity contribution in [2.45, 2.75) is 27.3 Å². The molecular formula is C21H22N6OS. The lowest BCUT2D eigenvalue weighted by Gasteiger charge is -2.08. The SMILES string of the molecule is Cc1cc(C)n(Cc2cccc(NC(=O)c3sc(-c4cnn(C)c4)nc3C)c2)n1. The van der Waals surface area contributed by atoms with Crippen LogP contribution in [0.4, 0.5) is 5.69 Å². The van der Waals surface area contributed by atoms with Gasteiger partial charge < -0.3 is 5.32 Å². The van der Waals surface area contributed by atoms with Gasteiger partial charge in [-0.25, -0.2) is 4.98 Å². The maximum absolute atomic E-state index is 12.8. The van der Waals surface area contributed by atoms with Gasteiger partial charge in [-0.05, 0) is 44.5 Å². The number of carbonyl (C=O) groups excluding carboxylic acids is 1. The number of hydrogen-bond acceptors (Lipinski definition) is 5. The molecule has 0 aliphatic heterocycles. The van der Waals surface area contributed by atoms with Crippen molar-refractivity contribution in [1.29, 1.82) is 0 Å². The van der Waals surface area contributed by atoms with Gasteiger partial charge in [0.2, 0.25) is 0 Å². The molecule has 1 amide bonds. The van der Waals surface area contributed by atoms with Crippen LogP contribution in [0, 0.1) is 20.8 Å². The van der Waals surface area contributed by atoms with E-state index in [1.54, 1.807) is 10.9 Å². The predicted octanol–water partition coefficient (Wildman–Crippen LogP) is 3.97. The van der Waals surface area contributed by atoms with Crippen LogP contribution < -0.4 is 5.32 Å². The van der Waals surface area contributed by atoms with Crippen molar-refractivity contribution in [2.75, 3.05) is 5.32 Å². The van der Waals surface area contributed by atoms with Crippen molar-refractivity contribution in [3.63, 3.8) is 0 Å². The molecule has 4 aromatic rings. The molecule has 0 saturated heterocycles. The molecule has 8 heteroatoms. The standard InChI is InChI=1S/C21H22N6OS/c1-13-8-14(2)27(25-13)11-16-6-5-7-18(9-16)24-20(28)19-15(3)23-21(29-19)17-10-22-26(4)12-17/h5-10,12H,11H2,1-4H3,(H,24,28). The zero-order valence-corrected chi connectivity index (χ0v) is 17.6.